The molecule has 3 N–H and O–H groups in total. The Balaban J connectivity index is 0.000000306. The van der Waals surface area contributed by atoms with Crippen LogP contribution in [0.5, 0.6) is 11.5 Å². The Bertz CT molecular complexity index is 1130. The van der Waals surface area contributed by atoms with Crippen LogP contribution in [0.4, 0.5) is 0 Å². The molecule has 3 nitrogen and oxygen atoms in total. The molecule has 1 atom stereocenters. The van der Waals surface area contributed by atoms with Gasteiger partial charge in [0.1, 0.15) is 11.5 Å². The number of nitrogens with one attached hydrogen (secondary N) is 1. The zero-order chi connectivity index (χ0) is 27.0. The van der Waals surface area contributed by atoms with Crippen molar-refractivity contribution in [2.75, 3.05) is 6.54 Å². The van der Waals surface area contributed by atoms with Crippen LogP contribution in [0.1, 0.15) is 80.2 Å². The van der Waals surface area contributed by atoms with Crippen LogP contribution in [0.15, 0.2) is 109 Å². The molecule has 0 amide bonds. The molecule has 0 saturated heterocycles. The third-order valence-corrected chi connectivity index (χ3v) is 6.96. The molecule has 0 saturated carbocycles. The van der Waals surface area contributed by atoms with Crippen molar-refractivity contribution < 1.29 is 10.2 Å². The second-order valence-electron chi connectivity index (χ2n) is 9.87. The van der Waals surface area contributed by atoms with Crippen LogP contribution in [-0.2, 0) is 6.42 Å². The Morgan fingerprint density at radius 2 is 1.21 bits per heavy atom. The van der Waals surface area contributed by atoms with Crippen LogP contribution in [0.25, 0.3) is 0 Å². The smallest absolute Gasteiger partial charge is 0.122 e. The summed E-state index contributed by atoms with van der Waals surface area (Å²) >= 11 is 0. The average molecular weight is 546 g/mol. The van der Waals surface area contributed by atoms with Crippen LogP contribution >= 0.6 is 12.4 Å². The van der Waals surface area contributed by atoms with Gasteiger partial charge in [-0.1, -0.05) is 123 Å². The number of rotatable bonds is 12. The number of benzene rings is 4. The van der Waals surface area contributed by atoms with Crippen LogP contribution in [0.2, 0.25) is 0 Å². The molecule has 1 unspecified atom stereocenters. The Kier molecular flexibility index (Phi) is 14.8. The Morgan fingerprint density at radius 3 is 1.72 bits per heavy atom. The van der Waals surface area contributed by atoms with E-state index in [4.69, 9.17) is 5.11 Å². The normalized spacial score (nSPS) is 11.3. The van der Waals surface area contributed by atoms with E-state index < -0.39 is 0 Å². The van der Waals surface area contributed by atoms with E-state index in [1.807, 2.05) is 0 Å². The third-order valence-electron chi connectivity index (χ3n) is 6.96. The molecule has 0 heterocycles. The lowest BCUT2D eigenvalue weighted by atomic mass is 9.88. The van der Waals surface area contributed by atoms with E-state index in [2.05, 4.69) is 110 Å². The summed E-state index contributed by atoms with van der Waals surface area (Å²) in [6, 6.07) is 37.4. The molecule has 0 aliphatic rings. The standard InChI is InChI=1S/C23H25N.C12H18O2.ClH/c1-19(20-11-5-2-6-12-20)24-18-17-23(21-13-7-3-8-14-21)22-15-9-4-10-16-22;1-2-3-4-5-6-10-7-8-11(13)9-12(10)14;/h2-16,19,23-24H,17-18H2,1H3;7-9,13-14H,2-6H2,1H3;1H. The van der Waals surface area contributed by atoms with Gasteiger partial charge in [-0.25, -0.2) is 0 Å². The monoisotopic (exact) mass is 545 g/mol. The molecule has 208 valence electrons. The molecule has 0 radical (unpaired) electrons. The van der Waals surface area contributed by atoms with Crippen LogP contribution in [-0.4, -0.2) is 16.8 Å². The van der Waals surface area contributed by atoms with E-state index in [0.29, 0.717) is 12.0 Å². The molecule has 0 aromatic heterocycles. The van der Waals surface area contributed by atoms with Crippen molar-refractivity contribution in [1.82, 2.24) is 5.32 Å². The maximum absolute atomic E-state index is 9.49. The van der Waals surface area contributed by atoms with E-state index in [1.165, 1.54) is 42.0 Å². The summed E-state index contributed by atoms with van der Waals surface area (Å²) in [5, 5.41) is 22.2. The summed E-state index contributed by atoms with van der Waals surface area (Å²) in [7, 11) is 0. The summed E-state index contributed by atoms with van der Waals surface area (Å²) in [5.74, 6) is 0.768. The summed E-state index contributed by atoms with van der Waals surface area (Å²) in [4.78, 5) is 0. The zero-order valence-electron chi connectivity index (χ0n) is 23.3. The van der Waals surface area contributed by atoms with Crippen molar-refractivity contribution in [2.24, 2.45) is 0 Å². The van der Waals surface area contributed by atoms with E-state index in [0.717, 1.165) is 31.4 Å². The molecule has 0 aliphatic heterocycles. The largest absolute Gasteiger partial charge is 0.508 e. The van der Waals surface area contributed by atoms with Gasteiger partial charge < -0.3 is 15.5 Å². The van der Waals surface area contributed by atoms with Crippen LogP contribution in [0.3, 0.4) is 0 Å². The van der Waals surface area contributed by atoms with Gasteiger partial charge in [-0.15, -0.1) is 12.4 Å². The summed E-state index contributed by atoms with van der Waals surface area (Å²) < 4.78 is 0. The number of aromatic hydroxyl groups is 2. The second kappa shape index (κ2) is 18.1. The summed E-state index contributed by atoms with van der Waals surface area (Å²) in [5.41, 5.74) is 5.04. The summed E-state index contributed by atoms with van der Waals surface area (Å²) in [6.45, 7) is 5.40. The second-order valence-corrected chi connectivity index (χ2v) is 9.87. The number of halogens is 1. The number of phenols is 2. The number of aryl methyl sites for hydroxylation is 1. The third kappa shape index (κ3) is 11.2. The van der Waals surface area contributed by atoms with Gasteiger partial charge in [0.05, 0.1) is 0 Å². The lowest BCUT2D eigenvalue weighted by molar-refractivity contribution is 0.445. The topological polar surface area (TPSA) is 52.5 Å². The van der Waals surface area contributed by atoms with Gasteiger partial charge >= 0.3 is 0 Å². The van der Waals surface area contributed by atoms with Crippen molar-refractivity contribution in [1.29, 1.82) is 0 Å². The minimum atomic E-state index is 0. The predicted octanol–water partition coefficient (Wildman–Crippen LogP) is 9.20. The van der Waals surface area contributed by atoms with E-state index in [1.54, 1.807) is 12.1 Å². The van der Waals surface area contributed by atoms with Crippen molar-refractivity contribution >= 4 is 12.4 Å². The molecular formula is C35H44ClNO2. The minimum Gasteiger partial charge on any atom is -0.508 e. The van der Waals surface area contributed by atoms with Gasteiger partial charge in [0.15, 0.2) is 0 Å². The molecule has 0 bridgehead atoms. The molecule has 39 heavy (non-hydrogen) atoms. The molecule has 0 spiro atoms. The molecular weight excluding hydrogens is 502 g/mol. The highest BCUT2D eigenvalue weighted by Crippen LogP contribution is 2.28. The van der Waals surface area contributed by atoms with Crippen LogP contribution in [0, 0.1) is 0 Å². The van der Waals surface area contributed by atoms with Gasteiger partial charge in [-0.05, 0) is 61.1 Å². The highest BCUT2D eigenvalue weighted by atomic mass is 35.5. The SMILES string of the molecule is CC(NCCC(c1ccccc1)c1ccccc1)c1ccccc1.CCCCCCc1ccc(O)cc1O.Cl. The molecule has 4 heteroatoms. The molecule has 4 aromatic carbocycles. The number of phenolic OH excluding ortho intramolecular Hbond substituents is 2. The van der Waals surface area contributed by atoms with Gasteiger partial charge in [0.25, 0.3) is 0 Å². The predicted molar refractivity (Wildman–Crippen MR) is 167 cm³/mol. The summed E-state index contributed by atoms with van der Waals surface area (Å²) in [6.07, 6.45) is 6.76. The lowest BCUT2D eigenvalue weighted by Crippen LogP contribution is -2.21. The highest BCUT2D eigenvalue weighted by molar-refractivity contribution is 5.85. The van der Waals surface area contributed by atoms with E-state index >= 15 is 0 Å². The maximum Gasteiger partial charge on any atom is 0.122 e. The fraction of sp³-hybridized carbons (Fsp3) is 0.314. The van der Waals surface area contributed by atoms with Gasteiger partial charge in [0.2, 0.25) is 0 Å². The average Bonchev–Trinajstić information content (AvgIpc) is 2.96. The van der Waals surface area contributed by atoms with Crippen molar-refractivity contribution in [3.05, 3.63) is 131 Å². The van der Waals surface area contributed by atoms with E-state index in [-0.39, 0.29) is 23.9 Å². The Labute approximate surface area is 241 Å². The lowest BCUT2D eigenvalue weighted by Gasteiger charge is -2.20. The van der Waals surface area contributed by atoms with Gasteiger partial charge in [0, 0.05) is 18.0 Å². The first-order valence-corrected chi connectivity index (χ1v) is 14.0. The van der Waals surface area contributed by atoms with Gasteiger partial charge in [-0.2, -0.15) is 0 Å². The number of unbranched alkanes of at least 4 members (excludes halogenated alkanes) is 3. The highest BCUT2D eigenvalue weighted by Gasteiger charge is 2.14. The quantitative estimate of drug-likeness (QED) is 0.155. The first-order chi connectivity index (χ1) is 18.6. The Hall–Kier alpha value is -3.27. The zero-order valence-corrected chi connectivity index (χ0v) is 24.1. The fourth-order valence-electron chi connectivity index (χ4n) is 4.71. The van der Waals surface area contributed by atoms with Crippen molar-refractivity contribution in [3.63, 3.8) is 0 Å². The molecule has 0 aliphatic carbocycles. The minimum absolute atomic E-state index is 0. The van der Waals surface area contributed by atoms with E-state index in [9.17, 15) is 5.11 Å². The first kappa shape index (κ1) is 31.9. The fourth-order valence-corrected chi connectivity index (χ4v) is 4.71. The van der Waals surface area contributed by atoms with Crippen LogP contribution < -0.4 is 5.32 Å². The Morgan fingerprint density at radius 1 is 0.667 bits per heavy atom. The molecule has 4 rings (SSSR count). The van der Waals surface area contributed by atoms with Crippen molar-refractivity contribution in [2.45, 2.75) is 64.3 Å². The van der Waals surface area contributed by atoms with Gasteiger partial charge in [-0.3, -0.25) is 0 Å². The maximum atomic E-state index is 9.49. The number of hydrogen-bond donors (Lipinski definition) is 3. The molecule has 4 aromatic rings. The van der Waals surface area contributed by atoms with Crippen molar-refractivity contribution in [3.8, 4) is 11.5 Å². The molecule has 0 fully saturated rings. The number of hydrogen-bond acceptors (Lipinski definition) is 3. The first-order valence-electron chi connectivity index (χ1n) is 14.0.